The molecule has 7 heteroatoms. The van der Waals surface area contributed by atoms with E-state index in [1.807, 2.05) is 23.1 Å². The van der Waals surface area contributed by atoms with E-state index in [4.69, 9.17) is 14.2 Å². The number of carbonyl (C=O) groups excluding carboxylic acids is 1. The Balaban J connectivity index is 1.57. The number of hydrogen-bond acceptors (Lipinski definition) is 6. The summed E-state index contributed by atoms with van der Waals surface area (Å²) in [4.78, 5) is 22.3. The number of hydrogen-bond donors (Lipinski definition) is 0. The molecule has 0 radical (unpaired) electrons. The Bertz CT molecular complexity index is 724. The van der Waals surface area contributed by atoms with Gasteiger partial charge in [0.1, 0.15) is 12.4 Å². The van der Waals surface area contributed by atoms with Crippen LogP contribution in [0.1, 0.15) is 12.0 Å². The summed E-state index contributed by atoms with van der Waals surface area (Å²) in [5.41, 5.74) is 0.891. The fraction of sp³-hybridized carbons (Fsp3) is 0.389. The smallest absolute Gasteiger partial charge is 0.227 e. The predicted octanol–water partition coefficient (Wildman–Crippen LogP) is 1.72. The minimum Gasteiger partial charge on any atom is -0.493 e. The summed E-state index contributed by atoms with van der Waals surface area (Å²) in [5, 5.41) is 0. The lowest BCUT2D eigenvalue weighted by Crippen LogP contribution is -2.32. The minimum atomic E-state index is -0.0377. The molecule has 1 aliphatic rings. The van der Waals surface area contributed by atoms with Crippen molar-refractivity contribution in [2.75, 3.05) is 27.3 Å². The molecule has 1 fully saturated rings. The minimum absolute atomic E-state index is 0.0377. The quantitative estimate of drug-likeness (QED) is 0.795. The standard InChI is InChI=1S/C18H21N3O4/c1-23-15-4-3-13(9-16(15)24-2)10-18(22)21-8-6-14(11-21)25-17-5-7-19-12-20-17/h3-5,7,9,12,14H,6,8,10-11H2,1-2H3/t14-/m1/s1. The number of likely N-dealkylation sites (tertiary alicyclic amines) is 1. The van der Waals surface area contributed by atoms with Crippen molar-refractivity contribution in [1.82, 2.24) is 14.9 Å². The zero-order chi connectivity index (χ0) is 17.6. The Morgan fingerprint density at radius 3 is 2.80 bits per heavy atom. The Morgan fingerprint density at radius 2 is 2.08 bits per heavy atom. The molecule has 1 aromatic heterocycles. The third kappa shape index (κ3) is 4.17. The van der Waals surface area contributed by atoms with Gasteiger partial charge in [-0.3, -0.25) is 4.79 Å². The van der Waals surface area contributed by atoms with Crippen molar-refractivity contribution in [2.45, 2.75) is 18.9 Å². The van der Waals surface area contributed by atoms with E-state index < -0.39 is 0 Å². The largest absolute Gasteiger partial charge is 0.493 e. The number of nitrogens with zero attached hydrogens (tertiary/aromatic N) is 3. The fourth-order valence-electron chi connectivity index (χ4n) is 2.85. The van der Waals surface area contributed by atoms with E-state index in [1.165, 1.54) is 6.33 Å². The Morgan fingerprint density at radius 1 is 1.24 bits per heavy atom. The number of rotatable bonds is 6. The van der Waals surface area contributed by atoms with Gasteiger partial charge < -0.3 is 19.1 Å². The summed E-state index contributed by atoms with van der Waals surface area (Å²) in [5.74, 6) is 1.88. The highest BCUT2D eigenvalue weighted by atomic mass is 16.5. The molecule has 1 atom stereocenters. The second-order valence-electron chi connectivity index (χ2n) is 5.78. The molecule has 0 spiro atoms. The Hall–Kier alpha value is -2.83. The van der Waals surface area contributed by atoms with E-state index in [-0.39, 0.29) is 12.0 Å². The highest BCUT2D eigenvalue weighted by molar-refractivity contribution is 5.79. The lowest BCUT2D eigenvalue weighted by Gasteiger charge is -2.17. The van der Waals surface area contributed by atoms with Crippen LogP contribution in [0.15, 0.2) is 36.8 Å². The van der Waals surface area contributed by atoms with Crippen molar-refractivity contribution < 1.29 is 19.0 Å². The van der Waals surface area contributed by atoms with Crippen molar-refractivity contribution in [3.8, 4) is 17.4 Å². The molecule has 1 aromatic carbocycles. The van der Waals surface area contributed by atoms with Gasteiger partial charge in [-0.25, -0.2) is 9.97 Å². The van der Waals surface area contributed by atoms with Crippen LogP contribution in [-0.4, -0.2) is 54.2 Å². The van der Waals surface area contributed by atoms with Crippen LogP contribution in [0.5, 0.6) is 17.4 Å². The number of ether oxygens (including phenoxy) is 3. The zero-order valence-corrected chi connectivity index (χ0v) is 14.3. The first-order valence-electron chi connectivity index (χ1n) is 8.11. The van der Waals surface area contributed by atoms with Crippen LogP contribution >= 0.6 is 0 Å². The normalized spacial score (nSPS) is 16.6. The summed E-state index contributed by atoms with van der Waals surface area (Å²) >= 11 is 0. The molecule has 0 N–H and O–H groups in total. The van der Waals surface area contributed by atoms with Gasteiger partial charge in [0.25, 0.3) is 0 Å². The SMILES string of the molecule is COc1ccc(CC(=O)N2CC[C@@H](Oc3ccncn3)C2)cc1OC. The van der Waals surface area contributed by atoms with Gasteiger partial charge in [-0.1, -0.05) is 6.07 Å². The maximum Gasteiger partial charge on any atom is 0.227 e. The maximum atomic E-state index is 12.5. The number of aromatic nitrogens is 2. The number of carbonyl (C=O) groups is 1. The van der Waals surface area contributed by atoms with Crippen molar-refractivity contribution >= 4 is 5.91 Å². The van der Waals surface area contributed by atoms with Gasteiger partial charge in [0.15, 0.2) is 11.5 Å². The van der Waals surface area contributed by atoms with Crippen LogP contribution in [0, 0.1) is 0 Å². The molecule has 2 heterocycles. The monoisotopic (exact) mass is 343 g/mol. The van der Waals surface area contributed by atoms with Gasteiger partial charge in [0, 0.05) is 25.2 Å². The molecule has 25 heavy (non-hydrogen) atoms. The second-order valence-corrected chi connectivity index (χ2v) is 5.78. The van der Waals surface area contributed by atoms with E-state index in [1.54, 1.807) is 26.5 Å². The molecule has 3 rings (SSSR count). The van der Waals surface area contributed by atoms with Crippen LogP contribution in [0.3, 0.4) is 0 Å². The molecule has 0 saturated carbocycles. The molecule has 1 saturated heterocycles. The molecule has 0 bridgehead atoms. The zero-order valence-electron chi connectivity index (χ0n) is 14.3. The highest BCUT2D eigenvalue weighted by Crippen LogP contribution is 2.28. The molecular formula is C18H21N3O4. The highest BCUT2D eigenvalue weighted by Gasteiger charge is 2.28. The van der Waals surface area contributed by atoms with Gasteiger partial charge in [-0.2, -0.15) is 0 Å². The molecule has 0 unspecified atom stereocenters. The first kappa shape index (κ1) is 17.0. The lowest BCUT2D eigenvalue weighted by molar-refractivity contribution is -0.129. The molecule has 1 aliphatic heterocycles. The topological polar surface area (TPSA) is 73.8 Å². The predicted molar refractivity (Wildman–Crippen MR) is 90.9 cm³/mol. The average molecular weight is 343 g/mol. The van der Waals surface area contributed by atoms with Crippen molar-refractivity contribution in [3.63, 3.8) is 0 Å². The first-order valence-corrected chi connectivity index (χ1v) is 8.11. The third-order valence-corrected chi connectivity index (χ3v) is 4.14. The number of benzene rings is 1. The van der Waals surface area contributed by atoms with Crippen molar-refractivity contribution in [1.29, 1.82) is 0 Å². The van der Waals surface area contributed by atoms with Crippen LogP contribution < -0.4 is 14.2 Å². The molecule has 7 nitrogen and oxygen atoms in total. The van der Waals surface area contributed by atoms with E-state index in [2.05, 4.69) is 9.97 Å². The average Bonchev–Trinajstić information content (AvgIpc) is 3.11. The van der Waals surface area contributed by atoms with Gasteiger partial charge >= 0.3 is 0 Å². The van der Waals surface area contributed by atoms with Crippen LogP contribution in [0.25, 0.3) is 0 Å². The van der Waals surface area contributed by atoms with E-state index >= 15 is 0 Å². The lowest BCUT2D eigenvalue weighted by atomic mass is 10.1. The fourth-order valence-corrected chi connectivity index (χ4v) is 2.85. The molecular weight excluding hydrogens is 322 g/mol. The first-order chi connectivity index (χ1) is 12.2. The van der Waals surface area contributed by atoms with Crippen LogP contribution in [0.2, 0.25) is 0 Å². The van der Waals surface area contributed by atoms with Gasteiger partial charge in [0.05, 0.1) is 27.2 Å². The summed E-state index contributed by atoms with van der Waals surface area (Å²) < 4.78 is 16.3. The summed E-state index contributed by atoms with van der Waals surface area (Å²) in [6.07, 6.45) is 4.16. The third-order valence-electron chi connectivity index (χ3n) is 4.14. The van der Waals surface area contributed by atoms with Gasteiger partial charge in [-0.05, 0) is 17.7 Å². The van der Waals surface area contributed by atoms with Crippen molar-refractivity contribution in [2.24, 2.45) is 0 Å². The summed E-state index contributed by atoms with van der Waals surface area (Å²) in [6, 6.07) is 7.24. The number of amides is 1. The number of methoxy groups -OCH3 is 2. The van der Waals surface area contributed by atoms with Crippen LogP contribution in [-0.2, 0) is 11.2 Å². The summed E-state index contributed by atoms with van der Waals surface area (Å²) in [7, 11) is 3.17. The van der Waals surface area contributed by atoms with E-state index in [0.717, 1.165) is 12.0 Å². The molecule has 2 aromatic rings. The van der Waals surface area contributed by atoms with Crippen LogP contribution in [0.4, 0.5) is 0 Å². The second kappa shape index (κ2) is 7.83. The molecule has 132 valence electrons. The van der Waals surface area contributed by atoms with E-state index in [0.29, 0.717) is 36.9 Å². The van der Waals surface area contributed by atoms with Crippen molar-refractivity contribution in [3.05, 3.63) is 42.4 Å². The molecule has 0 aliphatic carbocycles. The Kier molecular flexibility index (Phi) is 5.33. The molecule has 1 amide bonds. The van der Waals surface area contributed by atoms with Gasteiger partial charge in [-0.15, -0.1) is 0 Å². The van der Waals surface area contributed by atoms with Gasteiger partial charge in [0.2, 0.25) is 11.8 Å². The van der Waals surface area contributed by atoms with E-state index in [9.17, 15) is 4.79 Å². The maximum absolute atomic E-state index is 12.5. The summed E-state index contributed by atoms with van der Waals surface area (Å²) in [6.45, 7) is 1.25. The Labute approximate surface area is 146 Å².